The van der Waals surface area contributed by atoms with Crippen molar-refractivity contribution in [3.05, 3.63) is 33.6 Å². The minimum Gasteiger partial charge on any atom is -0.508 e. The maximum absolute atomic E-state index is 12.6. The predicted molar refractivity (Wildman–Crippen MR) is 74.0 cm³/mol. The van der Waals surface area contributed by atoms with Crippen LogP contribution in [0.2, 0.25) is 0 Å². The van der Waals surface area contributed by atoms with Gasteiger partial charge in [-0.15, -0.1) is 0 Å². The summed E-state index contributed by atoms with van der Waals surface area (Å²) < 4.78 is 7.28. The van der Waals surface area contributed by atoms with Gasteiger partial charge in [-0.2, -0.15) is 0 Å². The number of aromatic nitrogens is 1. The lowest BCUT2D eigenvalue weighted by molar-refractivity contribution is 0.412. The molecule has 0 bridgehead atoms. The Kier molecular flexibility index (Phi) is 2.73. The third-order valence-corrected chi connectivity index (χ3v) is 3.99. The van der Waals surface area contributed by atoms with Crippen LogP contribution in [0, 0.1) is 0 Å². The Hall–Kier alpha value is -1.97. The average Bonchev–Trinajstić information content (AvgIpc) is 2.43. The number of nitrogens with zero attached hydrogens (tertiary/aromatic N) is 1. The number of fused-ring (bicyclic) bond motifs is 2. The molecule has 0 atom stereocenters. The fraction of sp³-hybridized carbons (Fsp3) is 0.400. The first kappa shape index (κ1) is 12.1. The lowest BCUT2D eigenvalue weighted by atomic mass is 9.93. The highest BCUT2D eigenvalue weighted by Crippen LogP contribution is 2.31. The summed E-state index contributed by atoms with van der Waals surface area (Å²) in [6, 6.07) is 3.13. The minimum atomic E-state index is 0.0552. The molecule has 1 heterocycles. The molecule has 100 valence electrons. The second-order valence-corrected chi connectivity index (χ2v) is 5.06. The van der Waals surface area contributed by atoms with E-state index in [9.17, 15) is 9.90 Å². The number of ether oxygens (including phenoxy) is 1. The van der Waals surface area contributed by atoms with Crippen molar-refractivity contribution in [3.63, 3.8) is 0 Å². The Morgan fingerprint density at radius 1 is 1.26 bits per heavy atom. The molecule has 1 N–H and O–H groups in total. The predicted octanol–water partition coefficient (Wildman–Crippen LogP) is 2.13. The van der Waals surface area contributed by atoms with Crippen LogP contribution in [-0.2, 0) is 19.9 Å². The molecule has 1 aliphatic rings. The maximum Gasteiger partial charge on any atom is 0.196 e. The third kappa shape index (κ3) is 1.70. The highest BCUT2D eigenvalue weighted by atomic mass is 16.5. The third-order valence-electron chi connectivity index (χ3n) is 3.99. The van der Waals surface area contributed by atoms with E-state index >= 15 is 0 Å². The molecule has 0 radical (unpaired) electrons. The minimum absolute atomic E-state index is 0.0552. The number of phenols is 1. The van der Waals surface area contributed by atoms with Gasteiger partial charge in [-0.3, -0.25) is 4.79 Å². The molecular formula is C15H17NO3. The van der Waals surface area contributed by atoms with E-state index in [2.05, 4.69) is 0 Å². The monoisotopic (exact) mass is 259 g/mol. The molecule has 0 unspecified atom stereocenters. The smallest absolute Gasteiger partial charge is 0.196 e. The highest BCUT2D eigenvalue weighted by Gasteiger charge is 2.20. The number of methoxy groups -OCH3 is 1. The van der Waals surface area contributed by atoms with Gasteiger partial charge < -0.3 is 14.4 Å². The number of benzene rings is 1. The molecule has 2 aromatic rings. The zero-order valence-corrected chi connectivity index (χ0v) is 11.2. The van der Waals surface area contributed by atoms with Crippen LogP contribution in [0.5, 0.6) is 11.5 Å². The van der Waals surface area contributed by atoms with Crippen molar-refractivity contribution < 1.29 is 9.84 Å². The van der Waals surface area contributed by atoms with Crippen molar-refractivity contribution in [2.75, 3.05) is 7.11 Å². The summed E-state index contributed by atoms with van der Waals surface area (Å²) in [5.74, 6) is 0.569. The van der Waals surface area contributed by atoms with E-state index in [1.165, 1.54) is 13.2 Å². The van der Waals surface area contributed by atoms with Crippen LogP contribution in [0.4, 0.5) is 0 Å². The number of rotatable bonds is 1. The first-order chi connectivity index (χ1) is 9.13. The van der Waals surface area contributed by atoms with Gasteiger partial charge in [-0.1, -0.05) is 0 Å². The topological polar surface area (TPSA) is 51.5 Å². The van der Waals surface area contributed by atoms with Gasteiger partial charge in [0.05, 0.1) is 18.0 Å². The quantitative estimate of drug-likeness (QED) is 0.853. The van der Waals surface area contributed by atoms with E-state index in [0.717, 1.165) is 42.5 Å². The average molecular weight is 259 g/mol. The van der Waals surface area contributed by atoms with Crippen molar-refractivity contribution in [2.24, 2.45) is 7.05 Å². The number of aryl methyl sites for hydroxylation is 1. The maximum atomic E-state index is 12.6. The van der Waals surface area contributed by atoms with Crippen LogP contribution in [0.25, 0.3) is 10.9 Å². The molecule has 1 aliphatic carbocycles. The Morgan fingerprint density at radius 2 is 2.00 bits per heavy atom. The molecule has 4 nitrogen and oxygen atoms in total. The molecule has 1 aromatic heterocycles. The van der Waals surface area contributed by atoms with Crippen molar-refractivity contribution in [2.45, 2.75) is 25.7 Å². The summed E-state index contributed by atoms with van der Waals surface area (Å²) in [4.78, 5) is 12.6. The van der Waals surface area contributed by atoms with Gasteiger partial charge in [0.15, 0.2) is 5.43 Å². The van der Waals surface area contributed by atoms with Crippen LogP contribution >= 0.6 is 0 Å². The molecule has 0 spiro atoms. The summed E-state index contributed by atoms with van der Waals surface area (Å²) in [5.41, 5.74) is 2.80. The molecular weight excluding hydrogens is 242 g/mol. The number of phenolic OH excluding ortho intramolecular Hbond substituents is 1. The number of pyridine rings is 1. The molecule has 19 heavy (non-hydrogen) atoms. The van der Waals surface area contributed by atoms with Crippen LogP contribution in [0.1, 0.15) is 24.1 Å². The Bertz CT molecular complexity index is 716. The number of aromatic hydroxyl groups is 1. The Balaban J connectivity index is 2.50. The van der Waals surface area contributed by atoms with E-state index in [0.29, 0.717) is 11.1 Å². The Morgan fingerprint density at radius 3 is 2.74 bits per heavy atom. The first-order valence-corrected chi connectivity index (χ1v) is 6.55. The fourth-order valence-corrected chi connectivity index (χ4v) is 3.04. The van der Waals surface area contributed by atoms with Crippen LogP contribution < -0.4 is 10.2 Å². The first-order valence-electron chi connectivity index (χ1n) is 6.55. The molecule has 1 aromatic carbocycles. The van der Waals surface area contributed by atoms with E-state index < -0.39 is 0 Å². The molecule has 0 fully saturated rings. The summed E-state index contributed by atoms with van der Waals surface area (Å²) in [5, 5.41) is 10.3. The molecule has 0 amide bonds. The Labute approximate surface area is 111 Å². The van der Waals surface area contributed by atoms with Gasteiger partial charge in [0.25, 0.3) is 0 Å². The summed E-state index contributed by atoms with van der Waals surface area (Å²) in [7, 11) is 3.47. The number of hydrogen-bond acceptors (Lipinski definition) is 3. The van der Waals surface area contributed by atoms with Crippen molar-refractivity contribution in [1.82, 2.24) is 4.57 Å². The summed E-state index contributed by atoms with van der Waals surface area (Å²) in [6.07, 6.45) is 3.94. The van der Waals surface area contributed by atoms with Gasteiger partial charge in [0.1, 0.15) is 11.5 Å². The van der Waals surface area contributed by atoms with E-state index in [-0.39, 0.29) is 11.2 Å². The van der Waals surface area contributed by atoms with Crippen LogP contribution in [0.3, 0.4) is 0 Å². The summed E-state index contributed by atoms with van der Waals surface area (Å²) in [6.45, 7) is 0. The van der Waals surface area contributed by atoms with E-state index in [1.54, 1.807) is 6.07 Å². The fourth-order valence-electron chi connectivity index (χ4n) is 3.04. The van der Waals surface area contributed by atoms with E-state index in [1.807, 2.05) is 11.6 Å². The van der Waals surface area contributed by atoms with Crippen molar-refractivity contribution >= 4 is 10.9 Å². The van der Waals surface area contributed by atoms with Gasteiger partial charge in [0.2, 0.25) is 0 Å². The molecule has 0 aliphatic heterocycles. The highest BCUT2D eigenvalue weighted by molar-refractivity contribution is 5.88. The van der Waals surface area contributed by atoms with Gasteiger partial charge in [-0.05, 0) is 25.7 Å². The van der Waals surface area contributed by atoms with Gasteiger partial charge in [-0.25, -0.2) is 0 Å². The molecule has 3 rings (SSSR count). The lowest BCUT2D eigenvalue weighted by Gasteiger charge is -2.21. The van der Waals surface area contributed by atoms with E-state index in [4.69, 9.17) is 4.74 Å². The molecule has 0 saturated heterocycles. The van der Waals surface area contributed by atoms with Crippen LogP contribution in [0.15, 0.2) is 16.9 Å². The zero-order valence-electron chi connectivity index (χ0n) is 11.2. The standard InChI is InChI=1S/C15H17NO3/c1-16-11-6-4-3-5-10(11)15(18)14-12(16)7-9(17)8-13(14)19-2/h7-8,17H,3-6H2,1-2H3. The van der Waals surface area contributed by atoms with Crippen molar-refractivity contribution in [1.29, 1.82) is 0 Å². The molecule has 0 saturated carbocycles. The summed E-state index contributed by atoms with van der Waals surface area (Å²) >= 11 is 0. The lowest BCUT2D eigenvalue weighted by Crippen LogP contribution is -2.22. The van der Waals surface area contributed by atoms with Crippen molar-refractivity contribution in [3.8, 4) is 11.5 Å². The second-order valence-electron chi connectivity index (χ2n) is 5.06. The molecule has 4 heteroatoms. The normalized spacial score (nSPS) is 14.4. The van der Waals surface area contributed by atoms with Crippen LogP contribution in [-0.4, -0.2) is 16.8 Å². The zero-order chi connectivity index (χ0) is 13.6. The van der Waals surface area contributed by atoms with Gasteiger partial charge in [0, 0.05) is 30.4 Å². The SMILES string of the molecule is COc1cc(O)cc2c1c(=O)c1c(n2C)CCCC1. The number of hydrogen-bond donors (Lipinski definition) is 1. The van der Waals surface area contributed by atoms with Gasteiger partial charge >= 0.3 is 0 Å². The second kappa shape index (κ2) is 4.30. The largest absolute Gasteiger partial charge is 0.508 e.